The third-order valence-corrected chi connectivity index (χ3v) is 6.56. The van der Waals surface area contributed by atoms with Crippen LogP contribution < -0.4 is 9.64 Å². The average Bonchev–Trinajstić information content (AvgIpc) is 2.84. The van der Waals surface area contributed by atoms with Gasteiger partial charge in [-0.25, -0.2) is 0 Å². The second-order valence-corrected chi connectivity index (χ2v) is 8.75. The largest absolute Gasteiger partial charge is 0.489 e. The molecule has 1 aliphatic carbocycles. The van der Waals surface area contributed by atoms with E-state index in [0.717, 1.165) is 52.2 Å². The van der Waals surface area contributed by atoms with Crippen molar-refractivity contribution in [1.29, 1.82) is 0 Å². The number of nitrogens with zero attached hydrogens (tertiary/aromatic N) is 1. The van der Waals surface area contributed by atoms with E-state index < -0.39 is 0 Å². The monoisotopic (exact) mass is 437 g/mol. The summed E-state index contributed by atoms with van der Waals surface area (Å²) in [5, 5.41) is 0. The van der Waals surface area contributed by atoms with Crippen molar-refractivity contribution < 1.29 is 14.3 Å². The maximum atomic E-state index is 13.4. The molecule has 4 nitrogen and oxygen atoms in total. The molecule has 1 unspecified atom stereocenters. The first-order chi connectivity index (χ1) is 16.1. The van der Waals surface area contributed by atoms with Gasteiger partial charge in [0.2, 0.25) is 5.91 Å². The second kappa shape index (κ2) is 9.07. The molecule has 0 bridgehead atoms. The number of anilines is 1. The van der Waals surface area contributed by atoms with Gasteiger partial charge >= 0.3 is 0 Å². The molecule has 3 aromatic rings. The van der Waals surface area contributed by atoms with Crippen LogP contribution in [0, 0.1) is 6.92 Å². The highest BCUT2D eigenvalue weighted by atomic mass is 16.5. The lowest BCUT2D eigenvalue weighted by Crippen LogP contribution is -2.40. The summed E-state index contributed by atoms with van der Waals surface area (Å²) in [6.45, 7) is 2.51. The van der Waals surface area contributed by atoms with Gasteiger partial charge in [-0.1, -0.05) is 60.7 Å². The molecule has 0 fully saturated rings. The molecule has 4 heteroatoms. The molecule has 1 heterocycles. The van der Waals surface area contributed by atoms with Gasteiger partial charge in [0, 0.05) is 30.0 Å². The van der Waals surface area contributed by atoms with Crippen LogP contribution in [0.4, 0.5) is 5.69 Å². The fourth-order valence-corrected chi connectivity index (χ4v) is 4.91. The molecule has 1 atom stereocenters. The van der Waals surface area contributed by atoms with Gasteiger partial charge in [0.15, 0.2) is 5.78 Å². The summed E-state index contributed by atoms with van der Waals surface area (Å²) in [7, 11) is 0. The fraction of sp³-hybridized carbons (Fsp3) is 0.241. The van der Waals surface area contributed by atoms with E-state index in [2.05, 4.69) is 0 Å². The van der Waals surface area contributed by atoms with E-state index in [1.165, 1.54) is 0 Å². The summed E-state index contributed by atoms with van der Waals surface area (Å²) in [5.41, 5.74) is 5.70. The molecular weight excluding hydrogens is 410 g/mol. The molecule has 0 aromatic heterocycles. The smallest absolute Gasteiger partial charge is 0.232 e. The van der Waals surface area contributed by atoms with Crippen LogP contribution in [0.2, 0.25) is 0 Å². The van der Waals surface area contributed by atoms with Gasteiger partial charge in [0.1, 0.15) is 12.4 Å². The summed E-state index contributed by atoms with van der Waals surface area (Å²) >= 11 is 0. The summed E-state index contributed by atoms with van der Waals surface area (Å²) in [6, 6.07) is 25.8. The molecule has 0 spiro atoms. The Morgan fingerprint density at radius 3 is 2.36 bits per heavy atom. The normalized spacial score (nSPS) is 18.3. The molecule has 1 aliphatic heterocycles. The highest BCUT2D eigenvalue weighted by molar-refractivity contribution is 6.07. The van der Waals surface area contributed by atoms with Gasteiger partial charge in [0.25, 0.3) is 0 Å². The average molecular weight is 438 g/mol. The van der Waals surface area contributed by atoms with Gasteiger partial charge in [-0.15, -0.1) is 0 Å². The summed E-state index contributed by atoms with van der Waals surface area (Å²) < 4.78 is 5.92. The Hall–Kier alpha value is -3.66. The van der Waals surface area contributed by atoms with Crippen molar-refractivity contribution in [2.24, 2.45) is 0 Å². The molecule has 3 aromatic carbocycles. The zero-order valence-corrected chi connectivity index (χ0v) is 18.8. The Balaban J connectivity index is 1.45. The molecule has 0 saturated carbocycles. The number of amides is 1. The van der Waals surface area contributed by atoms with Crippen molar-refractivity contribution in [3.8, 4) is 5.75 Å². The van der Waals surface area contributed by atoms with E-state index in [1.807, 2.05) is 85.8 Å². The van der Waals surface area contributed by atoms with E-state index in [4.69, 9.17) is 4.74 Å². The Morgan fingerprint density at radius 2 is 1.61 bits per heavy atom. The number of benzene rings is 3. The van der Waals surface area contributed by atoms with Crippen LogP contribution in [0.5, 0.6) is 5.75 Å². The lowest BCUT2D eigenvalue weighted by Gasteiger charge is -2.39. The second-order valence-electron chi connectivity index (χ2n) is 8.75. The van der Waals surface area contributed by atoms with Gasteiger partial charge in [-0.2, -0.15) is 0 Å². The van der Waals surface area contributed by atoms with Crippen LogP contribution in [-0.4, -0.2) is 11.7 Å². The van der Waals surface area contributed by atoms with E-state index in [1.54, 1.807) is 4.90 Å². The quantitative estimate of drug-likeness (QED) is 0.484. The third kappa shape index (κ3) is 4.21. The third-order valence-electron chi connectivity index (χ3n) is 6.56. The lowest BCUT2D eigenvalue weighted by atomic mass is 9.77. The number of rotatable bonds is 5. The van der Waals surface area contributed by atoms with Crippen LogP contribution in [0.15, 0.2) is 90.1 Å². The maximum absolute atomic E-state index is 13.4. The number of ketones is 1. The van der Waals surface area contributed by atoms with Gasteiger partial charge in [-0.3, -0.25) is 14.5 Å². The number of carbonyl (C=O) groups is 2. The minimum absolute atomic E-state index is 0.0483. The predicted octanol–water partition coefficient (Wildman–Crippen LogP) is 6.10. The molecule has 0 saturated heterocycles. The van der Waals surface area contributed by atoms with Crippen LogP contribution >= 0.6 is 0 Å². The van der Waals surface area contributed by atoms with E-state index in [0.29, 0.717) is 19.4 Å². The Bertz CT molecular complexity index is 1210. The molecule has 1 amide bonds. The highest BCUT2D eigenvalue weighted by Crippen LogP contribution is 2.44. The molecule has 5 rings (SSSR count). The minimum Gasteiger partial charge on any atom is -0.489 e. The first-order valence-electron chi connectivity index (χ1n) is 11.5. The van der Waals surface area contributed by atoms with Crippen LogP contribution in [0.3, 0.4) is 0 Å². The summed E-state index contributed by atoms with van der Waals surface area (Å²) in [4.78, 5) is 28.3. The molecule has 166 valence electrons. The number of aryl methyl sites for hydroxylation is 1. The van der Waals surface area contributed by atoms with Crippen molar-refractivity contribution in [2.75, 3.05) is 4.90 Å². The van der Waals surface area contributed by atoms with Crippen molar-refractivity contribution in [3.63, 3.8) is 0 Å². The zero-order valence-electron chi connectivity index (χ0n) is 18.8. The predicted molar refractivity (Wildman–Crippen MR) is 129 cm³/mol. The Kier molecular flexibility index (Phi) is 5.82. The van der Waals surface area contributed by atoms with Crippen molar-refractivity contribution in [3.05, 3.63) is 107 Å². The molecule has 0 radical (unpaired) electrons. The maximum Gasteiger partial charge on any atom is 0.232 e. The van der Waals surface area contributed by atoms with Gasteiger partial charge in [0.05, 0.1) is 5.69 Å². The van der Waals surface area contributed by atoms with Crippen LogP contribution in [0.1, 0.15) is 48.3 Å². The lowest BCUT2D eigenvalue weighted by molar-refractivity contribution is -0.119. The van der Waals surface area contributed by atoms with Crippen molar-refractivity contribution >= 4 is 17.4 Å². The number of ether oxygens (including phenoxy) is 1. The Morgan fingerprint density at radius 1 is 0.879 bits per heavy atom. The number of hydrogen-bond donors (Lipinski definition) is 0. The van der Waals surface area contributed by atoms with Crippen LogP contribution in [0.25, 0.3) is 0 Å². The van der Waals surface area contributed by atoms with Crippen molar-refractivity contribution in [2.45, 2.75) is 45.1 Å². The highest BCUT2D eigenvalue weighted by Gasteiger charge is 2.39. The number of allylic oxidation sites excluding steroid dienone is 2. The summed E-state index contributed by atoms with van der Waals surface area (Å²) in [5.74, 6) is 0.781. The first-order valence-corrected chi connectivity index (χ1v) is 11.5. The first kappa shape index (κ1) is 21.2. The van der Waals surface area contributed by atoms with Crippen LogP contribution in [-0.2, 0) is 16.2 Å². The van der Waals surface area contributed by atoms with Crippen molar-refractivity contribution in [1.82, 2.24) is 0 Å². The number of para-hydroxylation sites is 1. The fourth-order valence-electron chi connectivity index (χ4n) is 4.91. The Labute approximate surface area is 194 Å². The topological polar surface area (TPSA) is 46.6 Å². The summed E-state index contributed by atoms with van der Waals surface area (Å²) in [6.07, 6.45) is 2.37. The zero-order chi connectivity index (χ0) is 22.8. The molecule has 0 N–H and O–H groups in total. The molecular formula is C29H27NO3. The molecule has 2 aliphatic rings. The molecule has 33 heavy (non-hydrogen) atoms. The number of carbonyl (C=O) groups excluding carboxylic acids is 2. The van der Waals surface area contributed by atoms with E-state index >= 15 is 0 Å². The standard InChI is InChI=1S/C29H27NO3/c1-20-8-5-6-11-25(20)30-26-12-7-13-27(31)29(26)24(18-28(30)32)22-14-16-23(17-15-22)33-19-21-9-3-2-4-10-21/h2-6,8-11,14-17,24H,7,12-13,18-19H2,1H3. The minimum atomic E-state index is -0.205. The SMILES string of the molecule is Cc1ccccc1N1C(=O)CC(c2ccc(OCc3ccccc3)cc2)C2=C1CCCC2=O. The van der Waals surface area contributed by atoms with Gasteiger partial charge in [-0.05, 0) is 54.7 Å². The van der Waals surface area contributed by atoms with Gasteiger partial charge < -0.3 is 4.74 Å². The number of Topliss-reactive ketones (excluding diaryl/α,β-unsaturated/α-hetero) is 1. The number of hydrogen-bond acceptors (Lipinski definition) is 3. The van der Waals surface area contributed by atoms with E-state index in [9.17, 15) is 9.59 Å². The van der Waals surface area contributed by atoms with E-state index in [-0.39, 0.29) is 17.6 Å².